The number of carbonyl (C=O) groups is 1. The van der Waals surface area contributed by atoms with Crippen LogP contribution in [0.2, 0.25) is 0 Å². The van der Waals surface area contributed by atoms with Crippen molar-refractivity contribution in [3.8, 4) is 0 Å². The number of benzene rings is 1. The van der Waals surface area contributed by atoms with E-state index in [1.54, 1.807) is 14.0 Å². The number of halogens is 1. The molecular weight excluding hydrogens is 320 g/mol. The second-order valence-corrected chi connectivity index (χ2v) is 5.76. The Hall–Kier alpha value is -1.82. The molecular formula is C14H17BrN4O. The summed E-state index contributed by atoms with van der Waals surface area (Å²) in [6, 6.07) is 3.92. The first-order valence-electron chi connectivity index (χ1n) is 6.18. The highest BCUT2D eigenvalue weighted by Gasteiger charge is 2.19. The van der Waals surface area contributed by atoms with Crippen LogP contribution < -0.4 is 11.1 Å². The molecule has 106 valence electrons. The van der Waals surface area contributed by atoms with E-state index in [2.05, 4.69) is 26.3 Å². The first-order valence-corrected chi connectivity index (χ1v) is 6.97. The minimum absolute atomic E-state index is 0.251. The van der Waals surface area contributed by atoms with Crippen LogP contribution in [0, 0.1) is 20.8 Å². The summed E-state index contributed by atoms with van der Waals surface area (Å²) < 4.78 is 2.49. The molecule has 2 rings (SSSR count). The molecule has 20 heavy (non-hydrogen) atoms. The van der Waals surface area contributed by atoms with Crippen LogP contribution in [-0.4, -0.2) is 15.7 Å². The van der Waals surface area contributed by atoms with Gasteiger partial charge in [-0.1, -0.05) is 15.9 Å². The van der Waals surface area contributed by atoms with E-state index in [-0.39, 0.29) is 5.91 Å². The number of nitrogens with zero attached hydrogens (tertiary/aromatic N) is 2. The molecule has 0 spiro atoms. The van der Waals surface area contributed by atoms with E-state index in [1.807, 2.05) is 26.0 Å². The first-order chi connectivity index (χ1) is 9.31. The van der Waals surface area contributed by atoms with Gasteiger partial charge < -0.3 is 11.1 Å². The number of aryl methyl sites for hydroxylation is 4. The van der Waals surface area contributed by atoms with Crippen molar-refractivity contribution in [2.45, 2.75) is 20.8 Å². The van der Waals surface area contributed by atoms with Gasteiger partial charge in [0.15, 0.2) is 0 Å². The fourth-order valence-corrected chi connectivity index (χ4v) is 2.91. The highest BCUT2D eigenvalue weighted by Crippen LogP contribution is 2.26. The van der Waals surface area contributed by atoms with E-state index < -0.39 is 0 Å². The molecule has 1 aromatic carbocycles. The van der Waals surface area contributed by atoms with Crippen LogP contribution in [0.5, 0.6) is 0 Å². The fourth-order valence-electron chi connectivity index (χ4n) is 2.22. The zero-order chi connectivity index (χ0) is 15.0. The van der Waals surface area contributed by atoms with Gasteiger partial charge in [-0.05, 0) is 44.0 Å². The summed E-state index contributed by atoms with van der Waals surface area (Å²) >= 11 is 3.44. The van der Waals surface area contributed by atoms with Crippen molar-refractivity contribution in [2.75, 3.05) is 11.1 Å². The van der Waals surface area contributed by atoms with E-state index in [9.17, 15) is 4.79 Å². The zero-order valence-corrected chi connectivity index (χ0v) is 13.5. The predicted octanol–water partition coefficient (Wildman–Crippen LogP) is 2.94. The third-order valence-electron chi connectivity index (χ3n) is 3.22. The smallest absolute Gasteiger partial charge is 0.276 e. The maximum absolute atomic E-state index is 12.4. The topological polar surface area (TPSA) is 72.9 Å². The van der Waals surface area contributed by atoms with E-state index >= 15 is 0 Å². The highest BCUT2D eigenvalue weighted by atomic mass is 79.9. The molecule has 0 saturated carbocycles. The number of nitrogens with two attached hydrogens (primary N) is 1. The number of amides is 1. The molecule has 3 N–H and O–H groups in total. The standard InChI is InChI=1S/C14H17BrN4O/c1-7-5-10(15)6-8(2)12(7)17-14(20)13-11(16)9(3)18-19(13)4/h5-6H,16H2,1-4H3,(H,17,20). The number of rotatable bonds is 2. The van der Waals surface area contributed by atoms with Gasteiger partial charge in [-0.25, -0.2) is 0 Å². The molecule has 0 radical (unpaired) electrons. The molecule has 1 heterocycles. The van der Waals surface area contributed by atoms with Gasteiger partial charge in [-0.15, -0.1) is 0 Å². The summed E-state index contributed by atoms with van der Waals surface area (Å²) in [5.41, 5.74) is 10.1. The largest absolute Gasteiger partial charge is 0.395 e. The third-order valence-corrected chi connectivity index (χ3v) is 3.68. The Bertz CT molecular complexity index is 668. The van der Waals surface area contributed by atoms with Gasteiger partial charge in [-0.3, -0.25) is 9.48 Å². The Morgan fingerprint density at radius 1 is 1.30 bits per heavy atom. The average Bonchev–Trinajstić information content (AvgIpc) is 2.58. The molecule has 6 heteroatoms. The van der Waals surface area contributed by atoms with E-state index in [0.29, 0.717) is 17.1 Å². The highest BCUT2D eigenvalue weighted by molar-refractivity contribution is 9.10. The fraction of sp³-hybridized carbons (Fsp3) is 0.286. The molecule has 0 fully saturated rings. The monoisotopic (exact) mass is 336 g/mol. The van der Waals surface area contributed by atoms with Crippen LogP contribution >= 0.6 is 15.9 Å². The lowest BCUT2D eigenvalue weighted by atomic mass is 10.1. The van der Waals surface area contributed by atoms with Crippen molar-refractivity contribution < 1.29 is 4.79 Å². The van der Waals surface area contributed by atoms with Crippen LogP contribution in [0.1, 0.15) is 27.3 Å². The number of nitrogens with one attached hydrogen (secondary N) is 1. The maximum Gasteiger partial charge on any atom is 0.276 e. The van der Waals surface area contributed by atoms with E-state index in [0.717, 1.165) is 21.3 Å². The number of hydrogen-bond acceptors (Lipinski definition) is 3. The molecule has 0 aliphatic heterocycles. The van der Waals surface area contributed by atoms with Crippen LogP contribution in [0.4, 0.5) is 11.4 Å². The Labute approximate surface area is 126 Å². The molecule has 0 saturated heterocycles. The molecule has 0 unspecified atom stereocenters. The van der Waals surface area contributed by atoms with Gasteiger partial charge >= 0.3 is 0 Å². The summed E-state index contributed by atoms with van der Waals surface area (Å²) in [4.78, 5) is 12.4. The first kappa shape index (κ1) is 14.6. The van der Waals surface area contributed by atoms with Crippen molar-refractivity contribution >= 4 is 33.2 Å². The number of anilines is 2. The lowest BCUT2D eigenvalue weighted by Gasteiger charge is -2.12. The summed E-state index contributed by atoms with van der Waals surface area (Å²) in [5, 5.41) is 7.07. The van der Waals surface area contributed by atoms with Gasteiger partial charge in [0, 0.05) is 17.2 Å². The van der Waals surface area contributed by atoms with Gasteiger partial charge in [0.05, 0.1) is 11.4 Å². The molecule has 1 amide bonds. The molecule has 1 aromatic heterocycles. The number of hydrogen-bond donors (Lipinski definition) is 2. The summed E-state index contributed by atoms with van der Waals surface area (Å²) in [6.45, 7) is 5.68. The van der Waals surface area contributed by atoms with Crippen LogP contribution in [-0.2, 0) is 7.05 Å². The van der Waals surface area contributed by atoms with E-state index in [4.69, 9.17) is 5.73 Å². The minimum atomic E-state index is -0.251. The summed E-state index contributed by atoms with van der Waals surface area (Å²) in [5.74, 6) is -0.251. The van der Waals surface area contributed by atoms with Gasteiger partial charge in [-0.2, -0.15) is 5.10 Å². The molecule has 0 aliphatic carbocycles. The van der Waals surface area contributed by atoms with Crippen molar-refractivity contribution in [3.63, 3.8) is 0 Å². The molecule has 0 bridgehead atoms. The predicted molar refractivity (Wildman–Crippen MR) is 83.9 cm³/mol. The lowest BCUT2D eigenvalue weighted by Crippen LogP contribution is -2.18. The molecule has 0 aliphatic rings. The van der Waals surface area contributed by atoms with Crippen molar-refractivity contribution in [1.82, 2.24) is 9.78 Å². The Kier molecular flexibility index (Phi) is 3.85. The lowest BCUT2D eigenvalue weighted by molar-refractivity contribution is 0.101. The Morgan fingerprint density at radius 2 is 1.85 bits per heavy atom. The molecule has 5 nitrogen and oxygen atoms in total. The Balaban J connectivity index is 2.38. The minimum Gasteiger partial charge on any atom is -0.395 e. The average molecular weight is 337 g/mol. The summed E-state index contributed by atoms with van der Waals surface area (Å²) in [6.07, 6.45) is 0. The normalized spacial score (nSPS) is 10.7. The van der Waals surface area contributed by atoms with Gasteiger partial charge in [0.2, 0.25) is 0 Å². The van der Waals surface area contributed by atoms with Crippen molar-refractivity contribution in [3.05, 3.63) is 39.1 Å². The van der Waals surface area contributed by atoms with Crippen LogP contribution in [0.3, 0.4) is 0 Å². The number of aromatic nitrogens is 2. The van der Waals surface area contributed by atoms with Crippen molar-refractivity contribution in [1.29, 1.82) is 0 Å². The Morgan fingerprint density at radius 3 is 2.30 bits per heavy atom. The SMILES string of the molecule is Cc1cc(Br)cc(C)c1NC(=O)c1c(N)c(C)nn1C. The third kappa shape index (κ3) is 2.56. The number of carbonyl (C=O) groups excluding carboxylic acids is 1. The zero-order valence-electron chi connectivity index (χ0n) is 11.9. The van der Waals surface area contributed by atoms with Gasteiger partial charge in [0.25, 0.3) is 5.91 Å². The quantitative estimate of drug-likeness (QED) is 0.885. The van der Waals surface area contributed by atoms with Crippen LogP contribution in [0.15, 0.2) is 16.6 Å². The summed E-state index contributed by atoms with van der Waals surface area (Å²) in [7, 11) is 1.71. The van der Waals surface area contributed by atoms with Crippen LogP contribution in [0.25, 0.3) is 0 Å². The maximum atomic E-state index is 12.4. The van der Waals surface area contributed by atoms with Gasteiger partial charge in [0.1, 0.15) is 5.69 Å². The number of nitrogen functional groups attached to an aromatic ring is 1. The second-order valence-electron chi connectivity index (χ2n) is 4.84. The molecule has 2 aromatic rings. The second kappa shape index (κ2) is 5.28. The molecule has 0 atom stereocenters. The van der Waals surface area contributed by atoms with E-state index in [1.165, 1.54) is 4.68 Å². The van der Waals surface area contributed by atoms with Crippen molar-refractivity contribution in [2.24, 2.45) is 7.05 Å².